The van der Waals surface area contributed by atoms with Crippen LogP contribution in [-0.2, 0) is 18.0 Å². The molecule has 196 valence electrons. The highest BCUT2D eigenvalue weighted by Crippen LogP contribution is 2.37. The van der Waals surface area contributed by atoms with Crippen LogP contribution in [0.1, 0.15) is 28.8 Å². The van der Waals surface area contributed by atoms with Crippen LogP contribution in [0.2, 0.25) is 5.02 Å². The summed E-state index contributed by atoms with van der Waals surface area (Å²) in [6.07, 6.45) is -1.50. The van der Waals surface area contributed by atoms with Crippen molar-refractivity contribution in [2.24, 2.45) is 12.8 Å². The Bertz CT molecular complexity index is 1290. The van der Waals surface area contributed by atoms with Crippen molar-refractivity contribution in [2.45, 2.75) is 25.1 Å². The van der Waals surface area contributed by atoms with E-state index in [2.05, 4.69) is 10.4 Å². The van der Waals surface area contributed by atoms with Gasteiger partial charge in [0.05, 0.1) is 28.5 Å². The fraction of sp³-hybridized carbons (Fsp3) is 0.320. The minimum atomic E-state index is -4.56. The third-order valence-corrected chi connectivity index (χ3v) is 6.44. The van der Waals surface area contributed by atoms with Crippen molar-refractivity contribution in [3.8, 4) is 17.0 Å². The van der Waals surface area contributed by atoms with E-state index in [1.165, 1.54) is 18.3 Å². The zero-order valence-electron chi connectivity index (χ0n) is 19.9. The summed E-state index contributed by atoms with van der Waals surface area (Å²) in [5.74, 6) is -0.605. The van der Waals surface area contributed by atoms with Gasteiger partial charge in [-0.25, -0.2) is 0 Å². The number of amides is 2. The first-order chi connectivity index (χ1) is 17.5. The highest BCUT2D eigenvalue weighted by atomic mass is 35.5. The lowest BCUT2D eigenvalue weighted by molar-refractivity contribution is -0.137. The number of rotatable bonds is 8. The number of carbonyl (C=O) groups excluding carboxylic acids is 2. The number of hydrogen-bond donors (Lipinski definition) is 2. The molecule has 0 radical (unpaired) electrons. The smallest absolute Gasteiger partial charge is 0.416 e. The largest absolute Gasteiger partial charge is 0.492 e. The highest BCUT2D eigenvalue weighted by Gasteiger charge is 2.31. The van der Waals surface area contributed by atoms with Crippen LogP contribution < -0.4 is 15.8 Å². The van der Waals surface area contributed by atoms with Gasteiger partial charge in [0, 0.05) is 30.4 Å². The van der Waals surface area contributed by atoms with E-state index in [4.69, 9.17) is 22.1 Å². The molecule has 1 aromatic heterocycles. The topological polar surface area (TPSA) is 102 Å². The molecule has 0 bridgehead atoms. The first-order valence-electron chi connectivity index (χ1n) is 11.5. The lowest BCUT2D eigenvalue weighted by atomic mass is 10.1. The van der Waals surface area contributed by atoms with Crippen LogP contribution in [0, 0.1) is 0 Å². The number of aryl methyl sites for hydroxylation is 1. The standard InChI is InChI=1S/C25H25ClF3N5O3/c1-33-22(19(26)14-31-33)18-13-17(32-24(36)15-4-2-5-16(12-15)25(27,28)29)7-8-21(18)37-11-10-34-9-3-6-20(34)23(30)35/h2,4-5,7-8,12-14,20H,3,6,9-11H2,1H3,(H2,30,35)(H,32,36)/t20-/m0/s1. The van der Waals surface area contributed by atoms with Crippen molar-refractivity contribution in [3.05, 3.63) is 64.8 Å². The van der Waals surface area contributed by atoms with Crippen LogP contribution >= 0.6 is 11.6 Å². The molecule has 3 aromatic rings. The second-order valence-corrected chi connectivity index (χ2v) is 9.06. The number of anilines is 1. The predicted molar refractivity (Wildman–Crippen MR) is 132 cm³/mol. The zero-order valence-corrected chi connectivity index (χ0v) is 20.6. The van der Waals surface area contributed by atoms with Crippen LogP contribution in [0.25, 0.3) is 11.3 Å². The fourth-order valence-electron chi connectivity index (χ4n) is 4.36. The van der Waals surface area contributed by atoms with Gasteiger partial charge in [-0.15, -0.1) is 0 Å². The van der Waals surface area contributed by atoms with E-state index < -0.39 is 17.6 Å². The number of ether oxygens (including phenoxy) is 1. The van der Waals surface area contributed by atoms with E-state index >= 15 is 0 Å². The van der Waals surface area contributed by atoms with Crippen LogP contribution in [0.4, 0.5) is 18.9 Å². The normalized spacial score (nSPS) is 16.1. The quantitative estimate of drug-likeness (QED) is 0.447. The number of hydrogen-bond acceptors (Lipinski definition) is 5. The summed E-state index contributed by atoms with van der Waals surface area (Å²) < 4.78 is 46.7. The Hall–Kier alpha value is -3.57. The first kappa shape index (κ1) is 26.5. The van der Waals surface area contributed by atoms with Crippen LogP contribution in [0.5, 0.6) is 5.75 Å². The molecular weight excluding hydrogens is 511 g/mol. The summed E-state index contributed by atoms with van der Waals surface area (Å²) in [4.78, 5) is 26.3. The molecule has 2 amide bonds. The maximum atomic E-state index is 13.1. The van der Waals surface area contributed by atoms with Gasteiger partial charge in [0.1, 0.15) is 12.4 Å². The van der Waals surface area contributed by atoms with E-state index in [0.717, 1.165) is 25.1 Å². The first-order valence-corrected chi connectivity index (χ1v) is 11.9. The molecule has 1 fully saturated rings. The Balaban J connectivity index is 1.56. The van der Waals surface area contributed by atoms with Crippen LogP contribution in [0.15, 0.2) is 48.7 Å². The van der Waals surface area contributed by atoms with Gasteiger partial charge in [0.25, 0.3) is 5.91 Å². The van der Waals surface area contributed by atoms with Crippen molar-refractivity contribution >= 4 is 29.1 Å². The number of nitrogens with one attached hydrogen (secondary N) is 1. The number of carbonyl (C=O) groups is 2. The van der Waals surface area contributed by atoms with Crippen molar-refractivity contribution < 1.29 is 27.5 Å². The Morgan fingerprint density at radius 1 is 1.24 bits per heavy atom. The SMILES string of the molecule is Cn1ncc(Cl)c1-c1cc(NC(=O)c2cccc(C(F)(F)F)c2)ccc1OCCN1CCC[C@H]1C(N)=O. The molecule has 1 atom stereocenters. The molecule has 2 aromatic carbocycles. The second kappa shape index (κ2) is 10.8. The van der Waals surface area contributed by atoms with Gasteiger partial charge in [-0.2, -0.15) is 18.3 Å². The minimum absolute atomic E-state index is 0.134. The molecule has 8 nitrogen and oxygen atoms in total. The number of alkyl halides is 3. The Morgan fingerprint density at radius 2 is 2.03 bits per heavy atom. The van der Waals surface area contributed by atoms with Crippen molar-refractivity contribution in [1.82, 2.24) is 14.7 Å². The third-order valence-electron chi connectivity index (χ3n) is 6.17. The molecular formula is C25H25ClF3N5O3. The van der Waals surface area contributed by atoms with Crippen LogP contribution in [0.3, 0.4) is 0 Å². The van der Waals surface area contributed by atoms with E-state index in [9.17, 15) is 22.8 Å². The molecule has 1 aliphatic rings. The molecule has 1 saturated heterocycles. The van der Waals surface area contributed by atoms with Gasteiger partial charge in [-0.1, -0.05) is 17.7 Å². The summed E-state index contributed by atoms with van der Waals surface area (Å²) in [5, 5.41) is 7.13. The summed E-state index contributed by atoms with van der Waals surface area (Å²) in [6, 6.07) is 8.70. The maximum Gasteiger partial charge on any atom is 0.416 e. The summed E-state index contributed by atoms with van der Waals surface area (Å²) in [5.41, 5.74) is 5.82. The van der Waals surface area contributed by atoms with E-state index in [-0.39, 0.29) is 24.1 Å². The molecule has 1 aliphatic heterocycles. The average Bonchev–Trinajstić information content (AvgIpc) is 3.45. The fourth-order valence-corrected chi connectivity index (χ4v) is 4.63. The predicted octanol–water partition coefficient (Wildman–Crippen LogP) is 4.34. The van der Waals surface area contributed by atoms with E-state index in [0.29, 0.717) is 40.7 Å². The summed E-state index contributed by atoms with van der Waals surface area (Å²) in [6.45, 7) is 1.50. The van der Waals surface area contributed by atoms with Gasteiger partial charge < -0.3 is 15.8 Å². The second-order valence-electron chi connectivity index (χ2n) is 8.65. The Kier molecular flexibility index (Phi) is 7.74. The van der Waals surface area contributed by atoms with Crippen molar-refractivity contribution in [3.63, 3.8) is 0 Å². The summed E-state index contributed by atoms with van der Waals surface area (Å²) in [7, 11) is 1.70. The van der Waals surface area contributed by atoms with Crippen molar-refractivity contribution in [1.29, 1.82) is 0 Å². The summed E-state index contributed by atoms with van der Waals surface area (Å²) >= 11 is 6.36. The molecule has 12 heteroatoms. The molecule has 37 heavy (non-hydrogen) atoms. The van der Waals surface area contributed by atoms with Gasteiger partial charge >= 0.3 is 6.18 Å². The van der Waals surface area contributed by atoms with Gasteiger partial charge in [0.2, 0.25) is 5.91 Å². The molecule has 0 unspecified atom stereocenters. The van der Waals surface area contributed by atoms with Gasteiger partial charge in [0.15, 0.2) is 0 Å². The molecule has 4 rings (SSSR count). The highest BCUT2D eigenvalue weighted by molar-refractivity contribution is 6.33. The monoisotopic (exact) mass is 535 g/mol. The minimum Gasteiger partial charge on any atom is -0.492 e. The number of benzene rings is 2. The number of primary amides is 1. The number of halogens is 4. The maximum absolute atomic E-state index is 13.1. The van der Waals surface area contributed by atoms with E-state index in [1.54, 1.807) is 29.9 Å². The molecule has 0 saturated carbocycles. The average molecular weight is 536 g/mol. The van der Waals surface area contributed by atoms with E-state index in [1.807, 2.05) is 4.90 Å². The van der Waals surface area contributed by atoms with Gasteiger partial charge in [-0.05, 0) is 55.8 Å². The Labute approximate surface area is 216 Å². The molecule has 2 heterocycles. The van der Waals surface area contributed by atoms with Gasteiger partial charge in [-0.3, -0.25) is 19.2 Å². The zero-order chi connectivity index (χ0) is 26.7. The number of nitrogens with zero attached hydrogens (tertiary/aromatic N) is 3. The third kappa shape index (κ3) is 6.05. The van der Waals surface area contributed by atoms with Crippen LogP contribution in [-0.4, -0.2) is 52.2 Å². The lowest BCUT2D eigenvalue weighted by Gasteiger charge is -2.22. The van der Waals surface area contributed by atoms with Crippen molar-refractivity contribution in [2.75, 3.05) is 25.0 Å². The Morgan fingerprint density at radius 3 is 2.70 bits per heavy atom. The molecule has 0 spiro atoms. The number of nitrogens with two attached hydrogens (primary N) is 1. The lowest BCUT2D eigenvalue weighted by Crippen LogP contribution is -2.42. The number of likely N-dealkylation sites (tertiary alicyclic amines) is 1. The number of aromatic nitrogens is 2. The molecule has 3 N–H and O–H groups in total. The molecule has 0 aliphatic carbocycles.